The Morgan fingerprint density at radius 3 is 2.25 bits per heavy atom. The molecule has 3 heteroatoms. The predicted octanol–water partition coefficient (Wildman–Crippen LogP) is 2.40. The van der Waals surface area contributed by atoms with Crippen LogP contribution in [0.3, 0.4) is 0 Å². The maximum Gasteiger partial charge on any atom is 0.227 e. The fourth-order valence-electron chi connectivity index (χ4n) is 1.83. The van der Waals surface area contributed by atoms with Crippen molar-refractivity contribution < 1.29 is 4.79 Å². The van der Waals surface area contributed by atoms with Crippen LogP contribution in [-0.4, -0.2) is 29.9 Å². The van der Waals surface area contributed by atoms with E-state index in [4.69, 9.17) is 5.73 Å². The standard InChI is InChI=1S/C13H28N2O/c1-5-7-8-9-15(11(3)4)13(16)12(6-2)10-14/h11-12H,5-10,14H2,1-4H3. The molecule has 96 valence electrons. The average molecular weight is 228 g/mol. The van der Waals surface area contributed by atoms with Crippen molar-refractivity contribution in [1.29, 1.82) is 0 Å². The normalized spacial score (nSPS) is 12.9. The van der Waals surface area contributed by atoms with Crippen LogP contribution in [0.15, 0.2) is 0 Å². The van der Waals surface area contributed by atoms with E-state index in [0.717, 1.165) is 19.4 Å². The molecule has 0 radical (unpaired) electrons. The minimum atomic E-state index is 0.00373. The Bertz CT molecular complexity index is 188. The van der Waals surface area contributed by atoms with E-state index in [2.05, 4.69) is 20.8 Å². The summed E-state index contributed by atoms with van der Waals surface area (Å²) < 4.78 is 0. The average Bonchev–Trinajstić information content (AvgIpc) is 2.25. The van der Waals surface area contributed by atoms with Gasteiger partial charge in [0.05, 0.1) is 5.92 Å². The van der Waals surface area contributed by atoms with Crippen molar-refractivity contribution in [3.8, 4) is 0 Å². The van der Waals surface area contributed by atoms with Crippen LogP contribution >= 0.6 is 0 Å². The van der Waals surface area contributed by atoms with E-state index in [1.54, 1.807) is 0 Å². The molecule has 0 saturated carbocycles. The van der Waals surface area contributed by atoms with Gasteiger partial charge in [0.15, 0.2) is 0 Å². The molecule has 16 heavy (non-hydrogen) atoms. The number of nitrogens with zero attached hydrogens (tertiary/aromatic N) is 1. The Hall–Kier alpha value is -0.570. The number of hydrogen-bond donors (Lipinski definition) is 1. The van der Waals surface area contributed by atoms with E-state index in [1.165, 1.54) is 12.8 Å². The molecular formula is C13H28N2O. The van der Waals surface area contributed by atoms with Crippen LogP contribution in [0.2, 0.25) is 0 Å². The number of carbonyl (C=O) groups is 1. The Balaban J connectivity index is 4.33. The van der Waals surface area contributed by atoms with Gasteiger partial charge in [-0.25, -0.2) is 0 Å². The second-order valence-electron chi connectivity index (χ2n) is 4.67. The zero-order chi connectivity index (χ0) is 12.6. The third-order valence-corrected chi connectivity index (χ3v) is 3.04. The highest BCUT2D eigenvalue weighted by Gasteiger charge is 2.23. The highest BCUT2D eigenvalue weighted by Crippen LogP contribution is 2.11. The minimum Gasteiger partial charge on any atom is -0.340 e. The lowest BCUT2D eigenvalue weighted by Crippen LogP contribution is -2.43. The van der Waals surface area contributed by atoms with Crippen LogP contribution in [0.25, 0.3) is 0 Å². The molecule has 0 spiro atoms. The van der Waals surface area contributed by atoms with Crippen LogP contribution in [0.4, 0.5) is 0 Å². The lowest BCUT2D eigenvalue weighted by atomic mass is 10.0. The number of carbonyl (C=O) groups excluding carboxylic acids is 1. The summed E-state index contributed by atoms with van der Waals surface area (Å²) in [6.07, 6.45) is 4.32. The molecule has 1 atom stereocenters. The molecule has 0 aromatic carbocycles. The Labute approximate surface area is 100 Å². The maximum atomic E-state index is 12.2. The summed E-state index contributed by atoms with van der Waals surface area (Å²) >= 11 is 0. The molecule has 3 nitrogen and oxygen atoms in total. The first-order valence-corrected chi connectivity index (χ1v) is 6.58. The van der Waals surface area contributed by atoms with Gasteiger partial charge in [0.2, 0.25) is 5.91 Å². The first-order chi connectivity index (χ1) is 7.58. The van der Waals surface area contributed by atoms with E-state index in [0.29, 0.717) is 6.54 Å². The Morgan fingerprint density at radius 2 is 1.88 bits per heavy atom. The molecule has 0 aliphatic carbocycles. The lowest BCUT2D eigenvalue weighted by Gasteiger charge is -2.30. The first kappa shape index (κ1) is 15.4. The third-order valence-electron chi connectivity index (χ3n) is 3.04. The number of nitrogens with two attached hydrogens (primary N) is 1. The smallest absolute Gasteiger partial charge is 0.227 e. The molecule has 0 heterocycles. The first-order valence-electron chi connectivity index (χ1n) is 6.58. The topological polar surface area (TPSA) is 46.3 Å². The number of rotatable bonds is 8. The fraction of sp³-hybridized carbons (Fsp3) is 0.923. The second-order valence-corrected chi connectivity index (χ2v) is 4.67. The number of amides is 1. The second kappa shape index (κ2) is 8.57. The van der Waals surface area contributed by atoms with Gasteiger partial charge in [-0.1, -0.05) is 26.7 Å². The molecule has 0 bridgehead atoms. The fourth-order valence-corrected chi connectivity index (χ4v) is 1.83. The van der Waals surface area contributed by atoms with Crippen molar-refractivity contribution in [2.45, 2.75) is 59.4 Å². The van der Waals surface area contributed by atoms with Gasteiger partial charge >= 0.3 is 0 Å². The number of unbranched alkanes of at least 4 members (excludes halogenated alkanes) is 2. The molecule has 0 aliphatic rings. The highest BCUT2D eigenvalue weighted by molar-refractivity contribution is 5.79. The summed E-state index contributed by atoms with van der Waals surface area (Å²) in [6, 6.07) is 0.282. The van der Waals surface area contributed by atoms with Gasteiger partial charge in [-0.15, -0.1) is 0 Å². The monoisotopic (exact) mass is 228 g/mol. The number of hydrogen-bond acceptors (Lipinski definition) is 2. The molecule has 0 aliphatic heterocycles. The molecule has 0 rings (SSSR count). The molecule has 0 aromatic heterocycles. The molecule has 0 saturated heterocycles. The Kier molecular flexibility index (Phi) is 8.26. The van der Waals surface area contributed by atoms with E-state index >= 15 is 0 Å². The van der Waals surface area contributed by atoms with Gasteiger partial charge < -0.3 is 10.6 Å². The van der Waals surface area contributed by atoms with Crippen molar-refractivity contribution in [3.05, 3.63) is 0 Å². The zero-order valence-corrected chi connectivity index (χ0v) is 11.3. The van der Waals surface area contributed by atoms with Gasteiger partial charge in [0, 0.05) is 19.1 Å². The van der Waals surface area contributed by atoms with Crippen molar-refractivity contribution in [2.75, 3.05) is 13.1 Å². The van der Waals surface area contributed by atoms with Crippen LogP contribution in [0.5, 0.6) is 0 Å². The van der Waals surface area contributed by atoms with Gasteiger partial charge in [0.25, 0.3) is 0 Å². The van der Waals surface area contributed by atoms with Crippen LogP contribution in [-0.2, 0) is 4.79 Å². The zero-order valence-electron chi connectivity index (χ0n) is 11.3. The van der Waals surface area contributed by atoms with Crippen molar-refractivity contribution >= 4 is 5.91 Å². The third kappa shape index (κ3) is 4.97. The van der Waals surface area contributed by atoms with E-state index in [-0.39, 0.29) is 17.9 Å². The van der Waals surface area contributed by atoms with E-state index < -0.39 is 0 Å². The van der Waals surface area contributed by atoms with Gasteiger partial charge in [-0.3, -0.25) is 4.79 Å². The van der Waals surface area contributed by atoms with Gasteiger partial charge in [0.1, 0.15) is 0 Å². The SMILES string of the molecule is CCCCCN(C(=O)C(CC)CN)C(C)C. The van der Waals surface area contributed by atoms with Crippen molar-refractivity contribution in [1.82, 2.24) is 4.90 Å². The summed E-state index contributed by atoms with van der Waals surface area (Å²) in [5.41, 5.74) is 5.63. The van der Waals surface area contributed by atoms with Crippen LogP contribution in [0, 0.1) is 5.92 Å². The molecular weight excluding hydrogens is 200 g/mol. The van der Waals surface area contributed by atoms with Crippen molar-refractivity contribution in [3.63, 3.8) is 0 Å². The lowest BCUT2D eigenvalue weighted by molar-refractivity contribution is -0.137. The van der Waals surface area contributed by atoms with Crippen molar-refractivity contribution in [2.24, 2.45) is 11.7 Å². The van der Waals surface area contributed by atoms with E-state index in [9.17, 15) is 4.79 Å². The Morgan fingerprint density at radius 1 is 1.25 bits per heavy atom. The van der Waals surface area contributed by atoms with Crippen LogP contribution in [0.1, 0.15) is 53.4 Å². The molecule has 0 fully saturated rings. The molecule has 1 amide bonds. The summed E-state index contributed by atoms with van der Waals surface area (Å²) in [5.74, 6) is 0.236. The van der Waals surface area contributed by atoms with Crippen LogP contribution < -0.4 is 5.73 Å². The molecule has 2 N–H and O–H groups in total. The quantitative estimate of drug-likeness (QED) is 0.648. The summed E-state index contributed by atoms with van der Waals surface area (Å²) in [4.78, 5) is 14.2. The van der Waals surface area contributed by atoms with Gasteiger partial charge in [-0.2, -0.15) is 0 Å². The molecule has 1 unspecified atom stereocenters. The van der Waals surface area contributed by atoms with Gasteiger partial charge in [-0.05, 0) is 26.7 Å². The molecule has 0 aromatic rings. The summed E-state index contributed by atoms with van der Waals surface area (Å²) in [6.45, 7) is 9.70. The minimum absolute atomic E-state index is 0.00373. The summed E-state index contributed by atoms with van der Waals surface area (Å²) in [5, 5.41) is 0. The maximum absolute atomic E-state index is 12.2. The highest BCUT2D eigenvalue weighted by atomic mass is 16.2. The largest absolute Gasteiger partial charge is 0.340 e. The predicted molar refractivity (Wildman–Crippen MR) is 69.2 cm³/mol. The summed E-state index contributed by atoms with van der Waals surface area (Å²) in [7, 11) is 0. The van der Waals surface area contributed by atoms with E-state index in [1.807, 2.05) is 11.8 Å².